The molecule has 0 saturated heterocycles. The molecule has 0 unspecified atom stereocenters. The third-order valence-electron chi connectivity index (χ3n) is 3.99. The Morgan fingerprint density at radius 2 is 1.92 bits per heavy atom. The first-order valence-electron chi connectivity index (χ1n) is 7.87. The molecule has 0 saturated carbocycles. The Balaban J connectivity index is 2.00. The SMILES string of the molecule is COc1ccc(NS(=O)(=O)c2c(F)cccc2C2=CCNCC2)cc1. The molecule has 0 aliphatic carbocycles. The molecule has 132 valence electrons. The number of hydrogen-bond donors (Lipinski definition) is 2. The fourth-order valence-corrected chi connectivity index (χ4v) is 4.13. The van der Waals surface area contributed by atoms with Crippen molar-refractivity contribution in [3.8, 4) is 5.75 Å². The topological polar surface area (TPSA) is 67.4 Å². The number of ether oxygens (including phenoxy) is 1. The van der Waals surface area contributed by atoms with Crippen LogP contribution in [0.25, 0.3) is 5.57 Å². The number of sulfonamides is 1. The molecular weight excluding hydrogens is 343 g/mol. The van der Waals surface area contributed by atoms with E-state index >= 15 is 0 Å². The van der Waals surface area contributed by atoms with Crippen LogP contribution in [-0.4, -0.2) is 28.6 Å². The molecule has 0 spiro atoms. The van der Waals surface area contributed by atoms with Crippen molar-refractivity contribution in [1.82, 2.24) is 5.32 Å². The van der Waals surface area contributed by atoms with Crippen molar-refractivity contribution in [3.05, 3.63) is 59.9 Å². The van der Waals surface area contributed by atoms with Gasteiger partial charge in [-0.2, -0.15) is 0 Å². The Bertz CT molecular complexity index is 893. The summed E-state index contributed by atoms with van der Waals surface area (Å²) in [7, 11) is -2.55. The Labute approximate surface area is 146 Å². The summed E-state index contributed by atoms with van der Waals surface area (Å²) < 4.78 is 47.6. The molecule has 2 N–H and O–H groups in total. The van der Waals surface area contributed by atoms with Crippen molar-refractivity contribution in [3.63, 3.8) is 0 Å². The van der Waals surface area contributed by atoms with Gasteiger partial charge in [0.05, 0.1) is 7.11 Å². The Kier molecular flexibility index (Phi) is 5.06. The van der Waals surface area contributed by atoms with Gasteiger partial charge in [-0.15, -0.1) is 0 Å². The Morgan fingerprint density at radius 1 is 1.16 bits per heavy atom. The van der Waals surface area contributed by atoms with E-state index in [4.69, 9.17) is 4.74 Å². The smallest absolute Gasteiger partial charge is 0.265 e. The zero-order chi connectivity index (χ0) is 17.9. The second-order valence-electron chi connectivity index (χ2n) is 5.63. The number of nitrogens with one attached hydrogen (secondary N) is 2. The first-order valence-corrected chi connectivity index (χ1v) is 9.35. The summed E-state index contributed by atoms with van der Waals surface area (Å²) in [4.78, 5) is -0.320. The van der Waals surface area contributed by atoms with E-state index in [0.29, 0.717) is 30.0 Å². The molecule has 5 nitrogen and oxygen atoms in total. The summed E-state index contributed by atoms with van der Waals surface area (Å²) in [6.07, 6.45) is 2.54. The number of benzene rings is 2. The van der Waals surface area contributed by atoms with Crippen LogP contribution in [0, 0.1) is 5.82 Å². The van der Waals surface area contributed by atoms with Gasteiger partial charge in [-0.3, -0.25) is 4.72 Å². The normalized spacial score (nSPS) is 14.7. The molecule has 25 heavy (non-hydrogen) atoms. The molecule has 3 rings (SSSR count). The molecule has 2 aromatic rings. The second-order valence-corrected chi connectivity index (χ2v) is 7.25. The van der Waals surface area contributed by atoms with Crippen LogP contribution in [0.5, 0.6) is 5.75 Å². The Hall–Kier alpha value is -2.38. The highest BCUT2D eigenvalue weighted by Crippen LogP contribution is 2.30. The molecule has 0 bridgehead atoms. The van der Waals surface area contributed by atoms with E-state index in [1.54, 1.807) is 30.3 Å². The lowest BCUT2D eigenvalue weighted by Gasteiger charge is -2.18. The minimum Gasteiger partial charge on any atom is -0.497 e. The minimum absolute atomic E-state index is 0.320. The summed E-state index contributed by atoms with van der Waals surface area (Å²) in [6.45, 7) is 1.37. The number of methoxy groups -OCH3 is 1. The van der Waals surface area contributed by atoms with E-state index in [1.165, 1.54) is 13.2 Å². The van der Waals surface area contributed by atoms with Crippen molar-refractivity contribution in [1.29, 1.82) is 0 Å². The van der Waals surface area contributed by atoms with Crippen molar-refractivity contribution < 1.29 is 17.5 Å². The highest BCUT2D eigenvalue weighted by atomic mass is 32.2. The average molecular weight is 362 g/mol. The minimum atomic E-state index is -4.07. The Morgan fingerprint density at radius 3 is 2.56 bits per heavy atom. The molecule has 0 radical (unpaired) electrons. The van der Waals surface area contributed by atoms with E-state index in [1.807, 2.05) is 6.08 Å². The molecular formula is C18H19FN2O3S. The van der Waals surface area contributed by atoms with E-state index < -0.39 is 15.8 Å². The molecule has 1 aliphatic heterocycles. The van der Waals surface area contributed by atoms with Crippen LogP contribution in [0.4, 0.5) is 10.1 Å². The van der Waals surface area contributed by atoms with Gasteiger partial charge >= 0.3 is 0 Å². The molecule has 0 amide bonds. The van der Waals surface area contributed by atoms with Crippen LogP contribution >= 0.6 is 0 Å². The van der Waals surface area contributed by atoms with Crippen LogP contribution in [0.15, 0.2) is 53.4 Å². The summed E-state index contributed by atoms with van der Waals surface area (Å²) in [5.41, 5.74) is 1.57. The fraction of sp³-hybridized carbons (Fsp3) is 0.222. The summed E-state index contributed by atoms with van der Waals surface area (Å²) >= 11 is 0. The average Bonchev–Trinajstić information content (AvgIpc) is 2.62. The maximum absolute atomic E-state index is 14.4. The molecule has 1 aliphatic rings. The molecule has 1 heterocycles. The highest BCUT2D eigenvalue weighted by Gasteiger charge is 2.25. The van der Waals surface area contributed by atoms with Gasteiger partial charge in [0.15, 0.2) is 0 Å². The second kappa shape index (κ2) is 7.25. The predicted molar refractivity (Wildman–Crippen MR) is 95.7 cm³/mol. The molecule has 2 aromatic carbocycles. The zero-order valence-corrected chi connectivity index (χ0v) is 14.6. The van der Waals surface area contributed by atoms with Gasteiger partial charge in [-0.05, 0) is 48.9 Å². The van der Waals surface area contributed by atoms with Crippen LogP contribution < -0.4 is 14.8 Å². The maximum atomic E-state index is 14.4. The predicted octanol–water partition coefficient (Wildman–Crippen LogP) is 3.01. The van der Waals surface area contributed by atoms with Gasteiger partial charge in [-0.25, -0.2) is 12.8 Å². The third kappa shape index (κ3) is 3.83. The van der Waals surface area contributed by atoms with E-state index in [9.17, 15) is 12.8 Å². The van der Waals surface area contributed by atoms with Gasteiger partial charge in [-0.1, -0.05) is 18.2 Å². The van der Waals surface area contributed by atoms with E-state index in [-0.39, 0.29) is 4.90 Å². The standard InChI is InChI=1S/C18H19FN2O3S/c1-24-15-7-5-14(6-8-15)21-25(22,23)18-16(3-2-4-17(18)19)13-9-11-20-12-10-13/h2-9,20-21H,10-12H2,1H3. The van der Waals surface area contributed by atoms with Gasteiger partial charge in [0.1, 0.15) is 16.5 Å². The highest BCUT2D eigenvalue weighted by molar-refractivity contribution is 7.92. The van der Waals surface area contributed by atoms with Gasteiger partial charge < -0.3 is 10.1 Å². The molecule has 7 heteroatoms. The number of hydrogen-bond acceptors (Lipinski definition) is 4. The largest absolute Gasteiger partial charge is 0.497 e. The van der Waals surface area contributed by atoms with Gasteiger partial charge in [0, 0.05) is 17.8 Å². The third-order valence-corrected chi connectivity index (χ3v) is 5.44. The van der Waals surface area contributed by atoms with Crippen molar-refractivity contribution in [2.45, 2.75) is 11.3 Å². The van der Waals surface area contributed by atoms with E-state index in [0.717, 1.165) is 18.2 Å². The lowest BCUT2D eigenvalue weighted by molar-refractivity contribution is 0.415. The summed E-state index contributed by atoms with van der Waals surface area (Å²) in [6, 6.07) is 10.7. The van der Waals surface area contributed by atoms with Crippen LogP contribution in [0.2, 0.25) is 0 Å². The monoisotopic (exact) mass is 362 g/mol. The van der Waals surface area contributed by atoms with Crippen molar-refractivity contribution >= 4 is 21.3 Å². The lowest BCUT2D eigenvalue weighted by atomic mass is 10.0. The first-order chi connectivity index (χ1) is 12.0. The number of rotatable bonds is 5. The zero-order valence-electron chi connectivity index (χ0n) is 13.8. The van der Waals surface area contributed by atoms with Crippen molar-refractivity contribution in [2.75, 3.05) is 24.9 Å². The molecule has 0 fully saturated rings. The quantitative estimate of drug-likeness (QED) is 0.858. The van der Waals surface area contributed by atoms with Crippen LogP contribution in [0.1, 0.15) is 12.0 Å². The number of anilines is 1. The van der Waals surface area contributed by atoms with E-state index in [2.05, 4.69) is 10.0 Å². The van der Waals surface area contributed by atoms with Crippen LogP contribution in [0.3, 0.4) is 0 Å². The maximum Gasteiger partial charge on any atom is 0.265 e. The fourth-order valence-electron chi connectivity index (χ4n) is 2.77. The molecule has 0 aromatic heterocycles. The first kappa shape index (κ1) is 17.4. The van der Waals surface area contributed by atoms with Gasteiger partial charge in [0.2, 0.25) is 0 Å². The van der Waals surface area contributed by atoms with Crippen molar-refractivity contribution in [2.24, 2.45) is 0 Å². The van der Waals surface area contributed by atoms with Crippen LogP contribution in [-0.2, 0) is 10.0 Å². The lowest BCUT2D eigenvalue weighted by Crippen LogP contribution is -2.22. The summed E-state index contributed by atoms with van der Waals surface area (Å²) in [5, 5.41) is 3.16. The number of halogens is 1. The summed E-state index contributed by atoms with van der Waals surface area (Å²) in [5.74, 6) is -0.160. The van der Waals surface area contributed by atoms with Gasteiger partial charge in [0.25, 0.3) is 10.0 Å². The molecule has 0 atom stereocenters.